The van der Waals surface area contributed by atoms with Crippen molar-refractivity contribution < 1.29 is 4.79 Å². The number of likely N-dealkylation sites (tertiary alicyclic amines) is 1. The molecule has 2 N–H and O–H groups in total. The Labute approximate surface area is 127 Å². The van der Waals surface area contributed by atoms with Crippen LogP contribution in [0.2, 0.25) is 0 Å². The maximum absolute atomic E-state index is 12.5. The van der Waals surface area contributed by atoms with Crippen molar-refractivity contribution in [2.75, 3.05) is 31.5 Å². The van der Waals surface area contributed by atoms with Gasteiger partial charge in [-0.2, -0.15) is 0 Å². The van der Waals surface area contributed by atoms with Gasteiger partial charge in [0.1, 0.15) is 5.82 Å². The van der Waals surface area contributed by atoms with E-state index in [9.17, 15) is 4.79 Å². The van der Waals surface area contributed by atoms with Gasteiger partial charge in [-0.15, -0.1) is 0 Å². The minimum Gasteiger partial charge on any atom is -0.369 e. The maximum Gasteiger partial charge on any atom is 0.255 e. The lowest BCUT2D eigenvalue weighted by atomic mass is 10.1. The van der Waals surface area contributed by atoms with Gasteiger partial charge in [0.05, 0.1) is 5.56 Å². The van der Waals surface area contributed by atoms with E-state index in [1.54, 1.807) is 6.20 Å². The van der Waals surface area contributed by atoms with Crippen molar-refractivity contribution in [3.63, 3.8) is 0 Å². The molecule has 0 radical (unpaired) electrons. The van der Waals surface area contributed by atoms with Gasteiger partial charge in [0.25, 0.3) is 5.91 Å². The Balaban J connectivity index is 1.99. The molecular weight excluding hydrogens is 264 g/mol. The molecule has 5 nitrogen and oxygen atoms in total. The fraction of sp³-hybridized carbons (Fsp3) is 0.625. The Morgan fingerprint density at radius 1 is 1.48 bits per heavy atom. The number of rotatable bonds is 6. The fourth-order valence-corrected chi connectivity index (χ4v) is 2.70. The average Bonchev–Trinajstić information content (AvgIpc) is 2.53. The summed E-state index contributed by atoms with van der Waals surface area (Å²) in [4.78, 5) is 19.1. The van der Waals surface area contributed by atoms with Crippen LogP contribution in [-0.4, -0.2) is 48.0 Å². The minimum absolute atomic E-state index is 0.0235. The number of carbonyl (C=O) groups is 1. The number of hydrogen-bond donors (Lipinski definition) is 2. The van der Waals surface area contributed by atoms with E-state index in [1.807, 2.05) is 12.1 Å². The molecule has 0 bridgehead atoms. The molecule has 0 aromatic carbocycles. The molecule has 1 aliphatic heterocycles. The van der Waals surface area contributed by atoms with Gasteiger partial charge in [-0.05, 0) is 44.5 Å². The van der Waals surface area contributed by atoms with Crippen molar-refractivity contribution in [2.45, 2.75) is 39.2 Å². The van der Waals surface area contributed by atoms with Gasteiger partial charge in [0, 0.05) is 25.3 Å². The quantitative estimate of drug-likeness (QED) is 0.842. The normalized spacial score (nSPS) is 19.2. The molecule has 0 spiro atoms. The molecule has 2 rings (SSSR count). The topological polar surface area (TPSA) is 57.3 Å². The summed E-state index contributed by atoms with van der Waals surface area (Å²) in [5, 5.41) is 6.37. The number of nitrogens with zero attached hydrogens (tertiary/aromatic N) is 2. The second kappa shape index (κ2) is 7.98. The summed E-state index contributed by atoms with van der Waals surface area (Å²) in [6.07, 6.45) is 4.92. The zero-order chi connectivity index (χ0) is 15.1. The SMILES string of the molecule is CCCNc1ncccc1C(=O)NC1CCCN(CC)C1. The van der Waals surface area contributed by atoms with Crippen molar-refractivity contribution >= 4 is 11.7 Å². The summed E-state index contributed by atoms with van der Waals surface area (Å²) >= 11 is 0. The van der Waals surface area contributed by atoms with Gasteiger partial charge in [-0.25, -0.2) is 4.98 Å². The molecule has 1 atom stereocenters. The minimum atomic E-state index is -0.0235. The summed E-state index contributed by atoms with van der Waals surface area (Å²) in [6.45, 7) is 8.21. The Kier molecular flexibility index (Phi) is 5.99. The van der Waals surface area contributed by atoms with Crippen LogP contribution in [0, 0.1) is 0 Å². The van der Waals surface area contributed by atoms with Crippen molar-refractivity contribution in [3.05, 3.63) is 23.9 Å². The van der Waals surface area contributed by atoms with Crippen molar-refractivity contribution in [2.24, 2.45) is 0 Å². The molecule has 1 amide bonds. The smallest absolute Gasteiger partial charge is 0.255 e. The number of likely N-dealkylation sites (N-methyl/N-ethyl adjacent to an activating group) is 1. The van der Waals surface area contributed by atoms with Gasteiger partial charge in [-0.3, -0.25) is 4.79 Å². The van der Waals surface area contributed by atoms with Crippen LogP contribution in [0.25, 0.3) is 0 Å². The summed E-state index contributed by atoms with van der Waals surface area (Å²) in [5.41, 5.74) is 0.638. The van der Waals surface area contributed by atoms with E-state index < -0.39 is 0 Å². The van der Waals surface area contributed by atoms with Crippen LogP contribution in [0.5, 0.6) is 0 Å². The molecule has 2 heterocycles. The van der Waals surface area contributed by atoms with Crippen LogP contribution in [0.1, 0.15) is 43.5 Å². The lowest BCUT2D eigenvalue weighted by molar-refractivity contribution is 0.0906. The fourth-order valence-electron chi connectivity index (χ4n) is 2.70. The second-order valence-electron chi connectivity index (χ2n) is 5.53. The zero-order valence-electron chi connectivity index (χ0n) is 13.1. The van der Waals surface area contributed by atoms with Crippen LogP contribution < -0.4 is 10.6 Å². The number of aromatic nitrogens is 1. The van der Waals surface area contributed by atoms with Crippen molar-refractivity contribution in [1.82, 2.24) is 15.2 Å². The molecule has 116 valence electrons. The molecular formula is C16H26N4O. The summed E-state index contributed by atoms with van der Waals surface area (Å²) in [7, 11) is 0. The number of carbonyl (C=O) groups excluding carboxylic acids is 1. The van der Waals surface area contributed by atoms with Crippen LogP contribution in [-0.2, 0) is 0 Å². The first-order valence-corrected chi connectivity index (χ1v) is 7.96. The number of piperidine rings is 1. The molecule has 1 unspecified atom stereocenters. The lowest BCUT2D eigenvalue weighted by Gasteiger charge is -2.32. The zero-order valence-corrected chi connectivity index (χ0v) is 13.1. The standard InChI is InChI=1S/C16H26N4O/c1-3-9-17-15-14(8-5-10-18-15)16(21)19-13-7-6-11-20(4-2)12-13/h5,8,10,13H,3-4,6-7,9,11-12H2,1-2H3,(H,17,18)(H,19,21). The largest absolute Gasteiger partial charge is 0.369 e. The molecule has 0 aliphatic carbocycles. The average molecular weight is 290 g/mol. The van der Waals surface area contributed by atoms with E-state index in [4.69, 9.17) is 0 Å². The third kappa shape index (κ3) is 4.43. The highest BCUT2D eigenvalue weighted by Crippen LogP contribution is 2.14. The number of anilines is 1. The maximum atomic E-state index is 12.5. The van der Waals surface area contributed by atoms with E-state index in [-0.39, 0.29) is 11.9 Å². The molecule has 1 aliphatic rings. The molecule has 1 aromatic heterocycles. The Hall–Kier alpha value is -1.62. The Bertz CT molecular complexity index is 463. The number of amides is 1. The van der Waals surface area contributed by atoms with Crippen LogP contribution in [0.15, 0.2) is 18.3 Å². The predicted molar refractivity (Wildman–Crippen MR) is 85.6 cm³/mol. The molecule has 5 heteroatoms. The molecule has 1 aromatic rings. The molecule has 21 heavy (non-hydrogen) atoms. The van der Waals surface area contributed by atoms with Gasteiger partial charge >= 0.3 is 0 Å². The summed E-state index contributed by atoms with van der Waals surface area (Å²) in [5.74, 6) is 0.657. The van der Waals surface area contributed by atoms with E-state index in [2.05, 4.69) is 34.4 Å². The highest BCUT2D eigenvalue weighted by molar-refractivity contribution is 5.98. The first kappa shape index (κ1) is 15.8. The Morgan fingerprint density at radius 2 is 2.33 bits per heavy atom. The number of nitrogens with one attached hydrogen (secondary N) is 2. The van der Waals surface area contributed by atoms with E-state index in [1.165, 1.54) is 0 Å². The van der Waals surface area contributed by atoms with Gasteiger partial charge in [-0.1, -0.05) is 13.8 Å². The van der Waals surface area contributed by atoms with Gasteiger partial charge < -0.3 is 15.5 Å². The third-order valence-electron chi connectivity index (χ3n) is 3.88. The lowest BCUT2D eigenvalue weighted by Crippen LogP contribution is -2.47. The first-order chi connectivity index (χ1) is 10.2. The second-order valence-corrected chi connectivity index (χ2v) is 5.53. The van der Waals surface area contributed by atoms with Crippen LogP contribution >= 0.6 is 0 Å². The van der Waals surface area contributed by atoms with E-state index >= 15 is 0 Å². The van der Waals surface area contributed by atoms with Gasteiger partial charge in [0.2, 0.25) is 0 Å². The summed E-state index contributed by atoms with van der Waals surface area (Å²) in [6, 6.07) is 3.89. The Morgan fingerprint density at radius 3 is 3.10 bits per heavy atom. The number of hydrogen-bond acceptors (Lipinski definition) is 4. The summed E-state index contributed by atoms with van der Waals surface area (Å²) < 4.78 is 0. The van der Waals surface area contributed by atoms with Crippen molar-refractivity contribution in [1.29, 1.82) is 0 Å². The number of pyridine rings is 1. The van der Waals surface area contributed by atoms with Crippen molar-refractivity contribution in [3.8, 4) is 0 Å². The van der Waals surface area contributed by atoms with Crippen LogP contribution in [0.4, 0.5) is 5.82 Å². The van der Waals surface area contributed by atoms with E-state index in [0.29, 0.717) is 11.4 Å². The van der Waals surface area contributed by atoms with Gasteiger partial charge in [0.15, 0.2) is 0 Å². The molecule has 1 fully saturated rings. The van der Waals surface area contributed by atoms with Crippen LogP contribution in [0.3, 0.4) is 0 Å². The first-order valence-electron chi connectivity index (χ1n) is 7.96. The highest BCUT2D eigenvalue weighted by Gasteiger charge is 2.22. The molecule has 0 saturated carbocycles. The van der Waals surface area contributed by atoms with E-state index in [0.717, 1.165) is 45.4 Å². The highest BCUT2D eigenvalue weighted by atomic mass is 16.1. The molecule has 1 saturated heterocycles. The third-order valence-corrected chi connectivity index (χ3v) is 3.88. The predicted octanol–water partition coefficient (Wildman–Crippen LogP) is 2.12. The monoisotopic (exact) mass is 290 g/mol.